The first-order valence-electron chi connectivity index (χ1n) is 6.99. The maximum absolute atomic E-state index is 12.2. The number of carbonyl (C=O) groups is 1. The van der Waals surface area contributed by atoms with Gasteiger partial charge < -0.3 is 14.5 Å². The van der Waals surface area contributed by atoms with Gasteiger partial charge in [-0.1, -0.05) is 13.8 Å². The van der Waals surface area contributed by atoms with Crippen molar-refractivity contribution in [2.45, 2.75) is 19.9 Å². The van der Waals surface area contributed by atoms with E-state index in [1.807, 2.05) is 6.07 Å². The average molecular weight is 288 g/mol. The number of carbonyl (C=O) groups excluding carboxylic acids is 1. The molecule has 0 saturated carbocycles. The number of aromatic nitrogens is 1. The van der Waals surface area contributed by atoms with Crippen molar-refractivity contribution in [3.63, 3.8) is 0 Å². The molecule has 0 unspecified atom stereocenters. The van der Waals surface area contributed by atoms with Gasteiger partial charge in [-0.2, -0.15) is 0 Å². The molecule has 112 valence electrons. The molecule has 0 radical (unpaired) electrons. The van der Waals surface area contributed by atoms with Crippen LogP contribution in [0.15, 0.2) is 47.3 Å². The third-order valence-corrected chi connectivity index (χ3v) is 2.85. The number of hydrogen-bond acceptors (Lipinski definition) is 4. The molecule has 1 N–H and O–H groups in total. The summed E-state index contributed by atoms with van der Waals surface area (Å²) in [6.07, 6.45) is 4.75. The van der Waals surface area contributed by atoms with E-state index in [2.05, 4.69) is 24.1 Å². The molecule has 1 atom stereocenters. The van der Waals surface area contributed by atoms with Crippen LogP contribution in [0.1, 0.15) is 36.0 Å². The summed E-state index contributed by atoms with van der Waals surface area (Å²) in [7, 11) is 0. The summed E-state index contributed by atoms with van der Waals surface area (Å²) >= 11 is 0. The number of rotatable bonds is 7. The Morgan fingerprint density at radius 2 is 2.19 bits per heavy atom. The van der Waals surface area contributed by atoms with E-state index in [1.165, 1.54) is 6.20 Å². The van der Waals surface area contributed by atoms with E-state index in [0.29, 0.717) is 30.5 Å². The molecule has 21 heavy (non-hydrogen) atoms. The molecule has 1 amide bonds. The van der Waals surface area contributed by atoms with Crippen molar-refractivity contribution in [2.75, 3.05) is 13.2 Å². The highest BCUT2D eigenvalue weighted by molar-refractivity contribution is 5.94. The SMILES string of the molecule is CC(C)COC[C@H](NC(=O)c1cccnc1)c1ccco1. The smallest absolute Gasteiger partial charge is 0.253 e. The Bertz CT molecular complexity index is 538. The van der Waals surface area contributed by atoms with Crippen LogP contribution in [0.4, 0.5) is 0 Å². The molecule has 0 saturated heterocycles. The number of amides is 1. The van der Waals surface area contributed by atoms with E-state index in [-0.39, 0.29) is 11.9 Å². The van der Waals surface area contributed by atoms with Gasteiger partial charge in [-0.15, -0.1) is 0 Å². The predicted octanol–water partition coefficient (Wildman–Crippen LogP) is 2.82. The number of nitrogens with one attached hydrogen (secondary N) is 1. The molecular weight excluding hydrogens is 268 g/mol. The van der Waals surface area contributed by atoms with Crippen LogP contribution in [0.5, 0.6) is 0 Å². The number of ether oxygens (including phenoxy) is 1. The first-order chi connectivity index (χ1) is 10.2. The van der Waals surface area contributed by atoms with Crippen molar-refractivity contribution in [3.8, 4) is 0 Å². The summed E-state index contributed by atoms with van der Waals surface area (Å²) in [6, 6.07) is 6.75. The molecule has 5 heteroatoms. The largest absolute Gasteiger partial charge is 0.467 e. The van der Waals surface area contributed by atoms with Crippen LogP contribution in [0.2, 0.25) is 0 Å². The lowest BCUT2D eigenvalue weighted by Crippen LogP contribution is -2.31. The maximum Gasteiger partial charge on any atom is 0.253 e. The molecule has 5 nitrogen and oxygen atoms in total. The number of pyridine rings is 1. The predicted molar refractivity (Wildman–Crippen MR) is 78.8 cm³/mol. The van der Waals surface area contributed by atoms with Gasteiger partial charge in [0.2, 0.25) is 0 Å². The highest BCUT2D eigenvalue weighted by atomic mass is 16.5. The summed E-state index contributed by atoms with van der Waals surface area (Å²) in [5, 5.41) is 2.91. The minimum atomic E-state index is -0.313. The fourth-order valence-electron chi connectivity index (χ4n) is 1.84. The highest BCUT2D eigenvalue weighted by Crippen LogP contribution is 2.15. The normalized spacial score (nSPS) is 12.3. The lowest BCUT2D eigenvalue weighted by molar-refractivity contribution is 0.0730. The molecule has 0 aliphatic heterocycles. The minimum Gasteiger partial charge on any atom is -0.467 e. The lowest BCUT2D eigenvalue weighted by Gasteiger charge is -2.17. The second-order valence-electron chi connectivity index (χ2n) is 5.21. The standard InChI is InChI=1S/C16H20N2O3/c1-12(2)10-20-11-14(15-6-4-8-21-15)18-16(19)13-5-3-7-17-9-13/h3-9,12,14H,10-11H2,1-2H3,(H,18,19)/t14-/m0/s1. The zero-order valence-corrected chi connectivity index (χ0v) is 12.3. The third-order valence-electron chi connectivity index (χ3n) is 2.85. The molecule has 2 heterocycles. The number of nitrogens with zero attached hydrogens (tertiary/aromatic N) is 1. The molecule has 0 aliphatic carbocycles. The first kappa shape index (κ1) is 15.3. The van der Waals surface area contributed by atoms with Crippen molar-refractivity contribution in [1.82, 2.24) is 10.3 Å². The van der Waals surface area contributed by atoms with Crippen LogP contribution in [0.25, 0.3) is 0 Å². The Balaban J connectivity index is 2.00. The molecular formula is C16H20N2O3. The van der Waals surface area contributed by atoms with Crippen molar-refractivity contribution in [2.24, 2.45) is 5.92 Å². The van der Waals surface area contributed by atoms with Crippen LogP contribution in [-0.4, -0.2) is 24.1 Å². The van der Waals surface area contributed by atoms with E-state index < -0.39 is 0 Å². The van der Waals surface area contributed by atoms with E-state index in [9.17, 15) is 4.79 Å². The molecule has 2 aromatic rings. The molecule has 2 aromatic heterocycles. The fourth-order valence-corrected chi connectivity index (χ4v) is 1.84. The Kier molecular flexibility index (Phi) is 5.51. The Hall–Kier alpha value is -2.14. The van der Waals surface area contributed by atoms with Gasteiger partial charge in [0.1, 0.15) is 11.8 Å². The van der Waals surface area contributed by atoms with Crippen LogP contribution in [-0.2, 0) is 4.74 Å². The van der Waals surface area contributed by atoms with Crippen LogP contribution in [0.3, 0.4) is 0 Å². The summed E-state index contributed by atoms with van der Waals surface area (Å²) in [6.45, 7) is 5.17. The molecule has 0 spiro atoms. The van der Waals surface area contributed by atoms with Gasteiger partial charge in [-0.05, 0) is 30.2 Å². The third kappa shape index (κ3) is 4.72. The molecule has 0 bridgehead atoms. The van der Waals surface area contributed by atoms with Gasteiger partial charge in [0.25, 0.3) is 5.91 Å². The number of hydrogen-bond donors (Lipinski definition) is 1. The minimum absolute atomic E-state index is 0.197. The summed E-state index contributed by atoms with van der Waals surface area (Å²) < 4.78 is 11.0. The molecule has 0 aromatic carbocycles. The van der Waals surface area contributed by atoms with Gasteiger partial charge in [-0.25, -0.2) is 0 Å². The summed E-state index contributed by atoms with van der Waals surface area (Å²) in [5.74, 6) is 0.921. The highest BCUT2D eigenvalue weighted by Gasteiger charge is 2.18. The van der Waals surface area contributed by atoms with E-state index >= 15 is 0 Å². The number of furan rings is 1. The zero-order chi connectivity index (χ0) is 15.1. The van der Waals surface area contributed by atoms with E-state index in [1.54, 1.807) is 30.7 Å². The Morgan fingerprint density at radius 3 is 2.81 bits per heavy atom. The molecule has 0 aliphatic rings. The quantitative estimate of drug-likeness (QED) is 0.851. The van der Waals surface area contributed by atoms with E-state index in [0.717, 1.165) is 0 Å². The van der Waals surface area contributed by atoms with Gasteiger partial charge in [0.15, 0.2) is 0 Å². The molecule has 2 rings (SSSR count). The second-order valence-corrected chi connectivity index (χ2v) is 5.21. The van der Waals surface area contributed by atoms with Gasteiger partial charge in [0.05, 0.1) is 18.4 Å². The van der Waals surface area contributed by atoms with Crippen molar-refractivity contribution >= 4 is 5.91 Å². The maximum atomic E-state index is 12.2. The zero-order valence-electron chi connectivity index (χ0n) is 12.3. The monoisotopic (exact) mass is 288 g/mol. The fraction of sp³-hybridized carbons (Fsp3) is 0.375. The molecule has 0 fully saturated rings. The van der Waals surface area contributed by atoms with Crippen LogP contribution >= 0.6 is 0 Å². The topological polar surface area (TPSA) is 64.4 Å². The Morgan fingerprint density at radius 1 is 1.33 bits per heavy atom. The summed E-state index contributed by atoms with van der Waals surface area (Å²) in [4.78, 5) is 16.1. The van der Waals surface area contributed by atoms with Crippen molar-refractivity contribution in [1.29, 1.82) is 0 Å². The van der Waals surface area contributed by atoms with Gasteiger partial charge >= 0.3 is 0 Å². The Labute approximate surface area is 124 Å². The van der Waals surface area contributed by atoms with Crippen LogP contribution in [0, 0.1) is 5.92 Å². The van der Waals surface area contributed by atoms with Gasteiger partial charge in [-0.3, -0.25) is 9.78 Å². The lowest BCUT2D eigenvalue weighted by atomic mass is 10.2. The average Bonchev–Trinajstić information content (AvgIpc) is 3.01. The van der Waals surface area contributed by atoms with Crippen molar-refractivity contribution in [3.05, 3.63) is 54.2 Å². The van der Waals surface area contributed by atoms with Crippen molar-refractivity contribution < 1.29 is 13.9 Å². The summed E-state index contributed by atoms with van der Waals surface area (Å²) in [5.41, 5.74) is 0.512. The van der Waals surface area contributed by atoms with Gasteiger partial charge in [0, 0.05) is 19.0 Å². The van der Waals surface area contributed by atoms with Crippen LogP contribution < -0.4 is 5.32 Å². The second kappa shape index (κ2) is 7.59. The van der Waals surface area contributed by atoms with E-state index in [4.69, 9.17) is 9.15 Å². The first-order valence-corrected chi connectivity index (χ1v) is 6.99.